The fourth-order valence-corrected chi connectivity index (χ4v) is 2.04. The number of furan rings is 1. The van der Waals surface area contributed by atoms with Crippen LogP contribution in [-0.2, 0) is 11.2 Å². The molecule has 0 fully saturated rings. The first-order valence-corrected chi connectivity index (χ1v) is 6.57. The predicted molar refractivity (Wildman–Crippen MR) is 78.8 cm³/mol. The van der Waals surface area contributed by atoms with Crippen molar-refractivity contribution >= 4 is 22.6 Å². The molecule has 3 rings (SSSR count). The third kappa shape index (κ3) is 3.02. The van der Waals surface area contributed by atoms with Crippen LogP contribution < -0.4 is 5.73 Å². The molecular formula is C16H14N2O3. The van der Waals surface area contributed by atoms with Crippen LogP contribution in [-0.4, -0.2) is 17.6 Å². The summed E-state index contributed by atoms with van der Waals surface area (Å²) in [6.07, 6.45) is 4.06. The SMILES string of the molecule is Nc1ccc2oc(C(=O)OCCc3ccncc3)cc2c1. The van der Waals surface area contributed by atoms with Crippen molar-refractivity contribution in [2.45, 2.75) is 6.42 Å². The molecule has 0 saturated carbocycles. The summed E-state index contributed by atoms with van der Waals surface area (Å²) < 4.78 is 10.7. The molecule has 0 aliphatic heterocycles. The largest absolute Gasteiger partial charge is 0.459 e. The predicted octanol–water partition coefficient (Wildman–Crippen LogP) is 2.81. The van der Waals surface area contributed by atoms with Crippen molar-refractivity contribution in [2.24, 2.45) is 0 Å². The second-order valence-electron chi connectivity index (χ2n) is 4.65. The average molecular weight is 282 g/mol. The van der Waals surface area contributed by atoms with Crippen molar-refractivity contribution in [3.05, 3.63) is 60.1 Å². The third-order valence-electron chi connectivity index (χ3n) is 3.11. The molecule has 0 spiro atoms. The monoisotopic (exact) mass is 282 g/mol. The first-order valence-electron chi connectivity index (χ1n) is 6.57. The molecule has 0 aliphatic carbocycles. The van der Waals surface area contributed by atoms with E-state index in [9.17, 15) is 4.79 Å². The number of fused-ring (bicyclic) bond motifs is 1. The molecule has 0 unspecified atom stereocenters. The number of carbonyl (C=O) groups excluding carboxylic acids is 1. The zero-order valence-corrected chi connectivity index (χ0v) is 11.3. The van der Waals surface area contributed by atoms with Gasteiger partial charge in [0.25, 0.3) is 0 Å². The molecule has 5 nitrogen and oxygen atoms in total. The Kier molecular flexibility index (Phi) is 3.55. The number of pyridine rings is 1. The molecule has 5 heteroatoms. The van der Waals surface area contributed by atoms with Gasteiger partial charge in [-0.05, 0) is 42.0 Å². The van der Waals surface area contributed by atoms with Crippen molar-refractivity contribution in [2.75, 3.05) is 12.3 Å². The van der Waals surface area contributed by atoms with Gasteiger partial charge >= 0.3 is 5.97 Å². The van der Waals surface area contributed by atoms with Crippen LogP contribution in [0.25, 0.3) is 11.0 Å². The van der Waals surface area contributed by atoms with E-state index in [-0.39, 0.29) is 5.76 Å². The number of nitrogen functional groups attached to an aromatic ring is 1. The quantitative estimate of drug-likeness (QED) is 0.588. The number of nitrogens with two attached hydrogens (primary N) is 1. The van der Waals surface area contributed by atoms with E-state index in [2.05, 4.69) is 4.98 Å². The number of rotatable bonds is 4. The number of anilines is 1. The number of hydrogen-bond acceptors (Lipinski definition) is 5. The average Bonchev–Trinajstić information content (AvgIpc) is 2.91. The highest BCUT2D eigenvalue weighted by Crippen LogP contribution is 2.22. The van der Waals surface area contributed by atoms with E-state index in [0.29, 0.717) is 24.3 Å². The minimum absolute atomic E-state index is 0.185. The lowest BCUT2D eigenvalue weighted by atomic mass is 10.2. The van der Waals surface area contributed by atoms with Gasteiger partial charge in [0.2, 0.25) is 5.76 Å². The number of ether oxygens (including phenoxy) is 1. The summed E-state index contributed by atoms with van der Waals surface area (Å²) in [6.45, 7) is 0.294. The van der Waals surface area contributed by atoms with Gasteiger partial charge in [-0.15, -0.1) is 0 Å². The Labute approximate surface area is 121 Å². The molecule has 2 aromatic heterocycles. The molecule has 106 valence electrons. The normalized spacial score (nSPS) is 10.7. The second-order valence-corrected chi connectivity index (χ2v) is 4.65. The van der Waals surface area contributed by atoms with Crippen molar-refractivity contribution < 1.29 is 13.9 Å². The fourth-order valence-electron chi connectivity index (χ4n) is 2.04. The highest BCUT2D eigenvalue weighted by atomic mass is 16.5. The minimum atomic E-state index is -0.473. The zero-order valence-electron chi connectivity index (χ0n) is 11.3. The summed E-state index contributed by atoms with van der Waals surface area (Å²) in [7, 11) is 0. The van der Waals surface area contributed by atoms with E-state index in [4.69, 9.17) is 14.9 Å². The molecule has 1 aromatic carbocycles. The Morgan fingerprint density at radius 1 is 1.19 bits per heavy atom. The Morgan fingerprint density at radius 3 is 2.81 bits per heavy atom. The number of esters is 1. The highest BCUT2D eigenvalue weighted by molar-refractivity contribution is 5.93. The van der Waals surface area contributed by atoms with Gasteiger partial charge in [-0.2, -0.15) is 0 Å². The van der Waals surface area contributed by atoms with E-state index in [1.165, 1.54) is 0 Å². The maximum atomic E-state index is 11.9. The van der Waals surface area contributed by atoms with Crippen LogP contribution in [0, 0.1) is 0 Å². The number of carbonyl (C=O) groups is 1. The van der Waals surface area contributed by atoms with Gasteiger partial charge in [-0.1, -0.05) is 0 Å². The van der Waals surface area contributed by atoms with Crippen molar-refractivity contribution in [3.63, 3.8) is 0 Å². The summed E-state index contributed by atoms with van der Waals surface area (Å²) >= 11 is 0. The van der Waals surface area contributed by atoms with Gasteiger partial charge in [0.05, 0.1) is 6.61 Å². The molecular weight excluding hydrogens is 268 g/mol. The molecule has 21 heavy (non-hydrogen) atoms. The van der Waals surface area contributed by atoms with Gasteiger partial charge in [-0.25, -0.2) is 4.79 Å². The molecule has 0 amide bonds. The lowest BCUT2D eigenvalue weighted by Gasteiger charge is -2.02. The Balaban J connectivity index is 1.64. The van der Waals surface area contributed by atoms with Crippen LogP contribution >= 0.6 is 0 Å². The Hall–Kier alpha value is -2.82. The molecule has 0 aliphatic rings. The first-order chi connectivity index (χ1) is 10.2. The molecule has 0 atom stereocenters. The summed E-state index contributed by atoms with van der Waals surface area (Å²) in [5.41, 5.74) is 8.00. The van der Waals surface area contributed by atoms with Gasteiger partial charge in [0.1, 0.15) is 5.58 Å². The summed E-state index contributed by atoms with van der Waals surface area (Å²) in [6, 6.07) is 10.6. The maximum Gasteiger partial charge on any atom is 0.374 e. The van der Waals surface area contributed by atoms with E-state index in [1.54, 1.807) is 36.7 Å². The third-order valence-corrected chi connectivity index (χ3v) is 3.11. The standard InChI is InChI=1S/C16H14N2O3/c17-13-1-2-14-12(9-13)10-15(21-14)16(19)20-8-5-11-3-6-18-7-4-11/h1-4,6-7,9-10H,5,8,17H2. The fraction of sp³-hybridized carbons (Fsp3) is 0.125. The Bertz CT molecular complexity index is 766. The van der Waals surface area contributed by atoms with Crippen LogP contribution in [0.15, 0.2) is 53.2 Å². The molecule has 0 radical (unpaired) electrons. The van der Waals surface area contributed by atoms with Crippen molar-refractivity contribution in [1.29, 1.82) is 0 Å². The molecule has 3 aromatic rings. The van der Waals surface area contributed by atoms with Crippen LogP contribution in [0.4, 0.5) is 5.69 Å². The van der Waals surface area contributed by atoms with Crippen molar-refractivity contribution in [1.82, 2.24) is 4.98 Å². The van der Waals surface area contributed by atoms with E-state index in [1.807, 2.05) is 12.1 Å². The topological polar surface area (TPSA) is 78.3 Å². The van der Waals surface area contributed by atoms with Crippen LogP contribution in [0.5, 0.6) is 0 Å². The number of benzene rings is 1. The van der Waals surface area contributed by atoms with Gasteiger partial charge in [0.15, 0.2) is 0 Å². The van der Waals surface area contributed by atoms with Crippen molar-refractivity contribution in [3.8, 4) is 0 Å². The van der Waals surface area contributed by atoms with E-state index in [0.717, 1.165) is 10.9 Å². The Morgan fingerprint density at radius 2 is 2.00 bits per heavy atom. The van der Waals surface area contributed by atoms with Gasteiger partial charge in [0, 0.05) is 29.9 Å². The molecule has 2 heterocycles. The molecule has 2 N–H and O–H groups in total. The van der Waals surface area contributed by atoms with E-state index < -0.39 is 5.97 Å². The lowest BCUT2D eigenvalue weighted by molar-refractivity contribution is 0.0475. The maximum absolute atomic E-state index is 11.9. The lowest BCUT2D eigenvalue weighted by Crippen LogP contribution is -2.07. The highest BCUT2D eigenvalue weighted by Gasteiger charge is 2.13. The van der Waals surface area contributed by atoms with Crippen LogP contribution in [0.2, 0.25) is 0 Å². The van der Waals surface area contributed by atoms with Gasteiger partial charge < -0.3 is 14.9 Å². The summed E-state index contributed by atoms with van der Waals surface area (Å²) in [4.78, 5) is 15.9. The second kappa shape index (κ2) is 5.66. The van der Waals surface area contributed by atoms with Crippen LogP contribution in [0.1, 0.15) is 16.1 Å². The summed E-state index contributed by atoms with van der Waals surface area (Å²) in [5, 5.41) is 0.788. The smallest absolute Gasteiger partial charge is 0.374 e. The number of nitrogens with zero attached hydrogens (tertiary/aromatic N) is 1. The molecule has 0 bridgehead atoms. The van der Waals surface area contributed by atoms with Gasteiger partial charge in [-0.3, -0.25) is 4.98 Å². The zero-order chi connectivity index (χ0) is 14.7. The first kappa shape index (κ1) is 13.2. The number of hydrogen-bond donors (Lipinski definition) is 1. The van der Waals surface area contributed by atoms with E-state index >= 15 is 0 Å². The minimum Gasteiger partial charge on any atom is -0.459 e. The molecule has 0 saturated heterocycles. The summed E-state index contributed by atoms with van der Waals surface area (Å²) in [5.74, 6) is -0.288. The van der Waals surface area contributed by atoms with Crippen LogP contribution in [0.3, 0.4) is 0 Å². The number of aromatic nitrogens is 1.